The third kappa shape index (κ3) is 4.77. The van der Waals surface area contributed by atoms with Crippen molar-refractivity contribution >= 4 is 22.5 Å². The average Bonchev–Trinajstić information content (AvgIpc) is 3.68. The molecule has 1 saturated carbocycles. The molecule has 5 rings (SSSR count). The van der Waals surface area contributed by atoms with E-state index in [-0.39, 0.29) is 29.1 Å². The highest BCUT2D eigenvalue weighted by molar-refractivity contribution is 5.98. The normalized spacial score (nSPS) is 16.6. The predicted octanol–water partition coefficient (Wildman–Crippen LogP) is 3.83. The molecule has 6 nitrogen and oxygen atoms in total. The number of amides is 1. The maximum atomic E-state index is 15.2. The molecule has 1 saturated heterocycles. The Bertz CT molecular complexity index is 1320. The van der Waals surface area contributed by atoms with Gasteiger partial charge in [-0.25, -0.2) is 13.2 Å². The molecule has 0 unspecified atom stereocenters. The van der Waals surface area contributed by atoms with E-state index >= 15 is 4.39 Å². The second-order valence-electron chi connectivity index (χ2n) is 9.21. The summed E-state index contributed by atoms with van der Waals surface area (Å²) in [5, 5.41) is 2.70. The summed E-state index contributed by atoms with van der Waals surface area (Å²) in [7, 11) is 0. The van der Waals surface area contributed by atoms with E-state index in [4.69, 9.17) is 0 Å². The number of benzene rings is 2. The van der Waals surface area contributed by atoms with E-state index in [1.165, 1.54) is 12.3 Å². The number of piperazine rings is 1. The highest BCUT2D eigenvalue weighted by atomic mass is 19.1. The van der Waals surface area contributed by atoms with Crippen LogP contribution in [0.5, 0.6) is 0 Å². The minimum absolute atomic E-state index is 0.120. The number of rotatable bonds is 6. The van der Waals surface area contributed by atoms with Crippen molar-refractivity contribution in [3.05, 3.63) is 75.3 Å². The molecule has 2 fully saturated rings. The summed E-state index contributed by atoms with van der Waals surface area (Å²) in [5.41, 5.74) is 0.618. The summed E-state index contributed by atoms with van der Waals surface area (Å²) < 4.78 is 44.0. The fourth-order valence-electron chi connectivity index (χ4n) is 4.71. The molecule has 0 bridgehead atoms. The number of pyridine rings is 1. The summed E-state index contributed by atoms with van der Waals surface area (Å²) in [6.45, 7) is 6.00. The Morgan fingerprint density at radius 2 is 1.69 bits per heavy atom. The zero-order valence-corrected chi connectivity index (χ0v) is 19.5. The Balaban J connectivity index is 1.47. The molecule has 35 heavy (non-hydrogen) atoms. The largest absolute Gasteiger partial charge is 0.367 e. The van der Waals surface area contributed by atoms with Gasteiger partial charge in [-0.3, -0.25) is 9.59 Å². The van der Waals surface area contributed by atoms with Crippen molar-refractivity contribution in [1.29, 1.82) is 0 Å². The molecule has 0 radical (unpaired) electrons. The molecular weight excluding hydrogens is 457 g/mol. The summed E-state index contributed by atoms with van der Waals surface area (Å²) in [5.74, 6) is -2.66. The van der Waals surface area contributed by atoms with Crippen LogP contribution in [0.4, 0.5) is 18.9 Å². The van der Waals surface area contributed by atoms with Gasteiger partial charge in [0.1, 0.15) is 23.0 Å². The fourth-order valence-corrected chi connectivity index (χ4v) is 4.71. The average molecular weight is 485 g/mol. The van der Waals surface area contributed by atoms with Gasteiger partial charge < -0.3 is 19.7 Å². The van der Waals surface area contributed by atoms with E-state index in [9.17, 15) is 18.4 Å². The zero-order chi connectivity index (χ0) is 24.7. The Morgan fingerprint density at radius 1 is 1.00 bits per heavy atom. The van der Waals surface area contributed by atoms with Crippen molar-refractivity contribution in [2.24, 2.45) is 0 Å². The molecule has 1 amide bonds. The monoisotopic (exact) mass is 484 g/mol. The number of likely N-dealkylation sites (N-methyl/N-ethyl adjacent to an activating group) is 1. The lowest BCUT2D eigenvalue weighted by Crippen LogP contribution is -2.46. The summed E-state index contributed by atoms with van der Waals surface area (Å²) >= 11 is 0. The molecule has 2 aliphatic rings. The van der Waals surface area contributed by atoms with E-state index in [0.29, 0.717) is 24.3 Å². The number of fused-ring (bicyclic) bond motifs is 1. The highest BCUT2D eigenvalue weighted by Crippen LogP contribution is 2.38. The van der Waals surface area contributed by atoms with Gasteiger partial charge in [0.2, 0.25) is 5.43 Å². The summed E-state index contributed by atoms with van der Waals surface area (Å²) in [6, 6.07) is 6.07. The second-order valence-corrected chi connectivity index (χ2v) is 9.21. The lowest BCUT2D eigenvalue weighted by atomic mass is 10.1. The number of nitrogens with one attached hydrogen (secondary N) is 1. The molecule has 184 valence electrons. The third-order valence-corrected chi connectivity index (χ3v) is 6.82. The minimum atomic E-state index is -0.751. The van der Waals surface area contributed by atoms with Gasteiger partial charge in [0.15, 0.2) is 0 Å². The Hall–Kier alpha value is -3.33. The smallest absolute Gasteiger partial charge is 0.257 e. The van der Waals surface area contributed by atoms with Crippen LogP contribution in [0, 0.1) is 17.5 Å². The maximum Gasteiger partial charge on any atom is 0.257 e. The van der Waals surface area contributed by atoms with Crippen molar-refractivity contribution in [3.8, 4) is 0 Å². The SMILES string of the molecule is CCN1CCN(c2cc3c(cc2F)c(=O)c(C(=O)NCc2cc(F)cc(F)c2)cn3C2CC2)CC1. The molecule has 2 aromatic carbocycles. The van der Waals surface area contributed by atoms with Crippen LogP contribution >= 0.6 is 0 Å². The van der Waals surface area contributed by atoms with Gasteiger partial charge >= 0.3 is 0 Å². The molecule has 2 heterocycles. The molecule has 9 heteroatoms. The fraction of sp³-hybridized carbons (Fsp3) is 0.385. The number of nitrogens with zero attached hydrogens (tertiary/aromatic N) is 3. The van der Waals surface area contributed by atoms with E-state index < -0.39 is 28.8 Å². The van der Waals surface area contributed by atoms with Gasteiger partial charge in [0.25, 0.3) is 5.91 Å². The lowest BCUT2D eigenvalue weighted by Gasteiger charge is -2.35. The van der Waals surface area contributed by atoms with Crippen LogP contribution in [0.1, 0.15) is 41.7 Å². The Labute approximate surface area is 200 Å². The number of carbonyl (C=O) groups excluding carboxylic acids is 1. The molecule has 0 atom stereocenters. The molecular formula is C26H27F3N4O2. The standard InChI is InChI=1S/C26H27F3N4O2/c1-2-31-5-7-32(8-6-31)24-13-23-20(12-22(24)29)25(34)21(15-33(23)19-3-4-19)26(35)30-14-16-9-17(27)11-18(28)10-16/h9-13,15,19H,2-8,14H2,1H3,(H,30,35). The van der Waals surface area contributed by atoms with Gasteiger partial charge in [-0.05, 0) is 49.2 Å². The number of aromatic nitrogens is 1. The van der Waals surface area contributed by atoms with E-state index in [1.54, 1.807) is 6.07 Å². The molecule has 1 aromatic heterocycles. The maximum absolute atomic E-state index is 15.2. The highest BCUT2D eigenvalue weighted by Gasteiger charge is 2.28. The van der Waals surface area contributed by atoms with Crippen molar-refractivity contribution in [2.75, 3.05) is 37.6 Å². The summed E-state index contributed by atoms with van der Waals surface area (Å²) in [6.07, 6.45) is 3.34. The van der Waals surface area contributed by atoms with Crippen LogP contribution in [-0.4, -0.2) is 48.1 Å². The number of carbonyl (C=O) groups is 1. The van der Waals surface area contributed by atoms with Crippen LogP contribution in [0.25, 0.3) is 10.9 Å². The quantitative estimate of drug-likeness (QED) is 0.578. The minimum Gasteiger partial charge on any atom is -0.367 e. The van der Waals surface area contributed by atoms with Crippen molar-refractivity contribution < 1.29 is 18.0 Å². The van der Waals surface area contributed by atoms with E-state index in [0.717, 1.165) is 50.7 Å². The van der Waals surface area contributed by atoms with Gasteiger partial charge in [0, 0.05) is 56.4 Å². The van der Waals surface area contributed by atoms with Gasteiger partial charge in [-0.2, -0.15) is 0 Å². The summed E-state index contributed by atoms with van der Waals surface area (Å²) in [4.78, 5) is 30.4. The van der Waals surface area contributed by atoms with Crippen molar-refractivity contribution in [2.45, 2.75) is 32.4 Å². The molecule has 1 aliphatic carbocycles. The van der Waals surface area contributed by atoms with Crippen LogP contribution < -0.4 is 15.6 Å². The Morgan fingerprint density at radius 3 is 2.31 bits per heavy atom. The first-order valence-electron chi connectivity index (χ1n) is 11.9. The first-order valence-corrected chi connectivity index (χ1v) is 11.9. The first-order chi connectivity index (χ1) is 16.8. The first kappa shape index (κ1) is 23.4. The Kier molecular flexibility index (Phi) is 6.27. The number of halogens is 3. The van der Waals surface area contributed by atoms with Gasteiger partial charge in [-0.15, -0.1) is 0 Å². The zero-order valence-electron chi connectivity index (χ0n) is 19.5. The molecule has 0 spiro atoms. The third-order valence-electron chi connectivity index (χ3n) is 6.82. The van der Waals surface area contributed by atoms with Crippen LogP contribution in [0.2, 0.25) is 0 Å². The van der Waals surface area contributed by atoms with Crippen molar-refractivity contribution in [1.82, 2.24) is 14.8 Å². The molecule has 3 aromatic rings. The van der Waals surface area contributed by atoms with Crippen molar-refractivity contribution in [3.63, 3.8) is 0 Å². The van der Waals surface area contributed by atoms with Crippen LogP contribution in [0.3, 0.4) is 0 Å². The number of hydrogen-bond acceptors (Lipinski definition) is 4. The predicted molar refractivity (Wildman–Crippen MR) is 128 cm³/mol. The van der Waals surface area contributed by atoms with E-state index in [1.807, 2.05) is 9.47 Å². The van der Waals surface area contributed by atoms with E-state index in [2.05, 4.69) is 17.1 Å². The molecule has 1 aliphatic heterocycles. The number of anilines is 1. The van der Waals surface area contributed by atoms with Gasteiger partial charge in [-0.1, -0.05) is 6.92 Å². The van der Waals surface area contributed by atoms with Gasteiger partial charge in [0.05, 0.1) is 11.2 Å². The lowest BCUT2D eigenvalue weighted by molar-refractivity contribution is 0.0949. The van der Waals surface area contributed by atoms with Crippen LogP contribution in [0.15, 0.2) is 41.3 Å². The topological polar surface area (TPSA) is 57.6 Å². The number of hydrogen-bond donors (Lipinski definition) is 1. The second kappa shape index (κ2) is 9.37. The van der Waals surface area contributed by atoms with Crippen LogP contribution in [-0.2, 0) is 6.54 Å². The molecule has 1 N–H and O–H groups in total.